The van der Waals surface area contributed by atoms with Gasteiger partial charge in [-0.3, -0.25) is 25.0 Å². The second-order valence-corrected chi connectivity index (χ2v) is 4.50. The van der Waals surface area contributed by atoms with Crippen molar-refractivity contribution in [3.05, 3.63) is 67.2 Å². The second kappa shape index (κ2) is 6.19. The van der Waals surface area contributed by atoms with Crippen molar-refractivity contribution in [2.45, 2.75) is 0 Å². The molecule has 0 bridgehead atoms. The number of rotatable bonds is 5. The summed E-state index contributed by atoms with van der Waals surface area (Å²) < 4.78 is 5.33. The maximum atomic E-state index is 11.0. The van der Waals surface area contributed by atoms with Crippen molar-refractivity contribution in [1.82, 2.24) is 0 Å². The van der Waals surface area contributed by atoms with Crippen LogP contribution in [0.4, 0.5) is 11.4 Å². The molecule has 0 aromatic heterocycles. The molecule has 0 saturated carbocycles. The number of nitro benzene ring substituents is 2. The van der Waals surface area contributed by atoms with E-state index < -0.39 is 21.2 Å². The first-order valence-corrected chi connectivity index (χ1v) is 6.15. The number of carbonyl (C=O) groups excluding carboxylic acids is 1. The summed E-state index contributed by atoms with van der Waals surface area (Å²) in [6, 6.07) is 7.10. The number of benzene rings is 2. The molecule has 0 aliphatic heterocycles. The Bertz CT molecular complexity index is 777. The van der Waals surface area contributed by atoms with E-state index in [2.05, 4.69) is 0 Å². The summed E-state index contributed by atoms with van der Waals surface area (Å²) in [4.78, 5) is 31.1. The Hall–Kier alpha value is -3.00. The zero-order chi connectivity index (χ0) is 16.3. The van der Waals surface area contributed by atoms with Crippen molar-refractivity contribution in [3.8, 4) is 11.5 Å². The summed E-state index contributed by atoms with van der Waals surface area (Å²) in [7, 11) is 0. The highest BCUT2D eigenvalue weighted by Crippen LogP contribution is 2.35. The number of ether oxygens (including phenoxy) is 1. The summed E-state index contributed by atoms with van der Waals surface area (Å²) in [6.07, 6.45) is 0.485. The highest BCUT2D eigenvalue weighted by atomic mass is 35.5. The first kappa shape index (κ1) is 15.4. The van der Waals surface area contributed by atoms with Gasteiger partial charge in [-0.1, -0.05) is 11.6 Å². The molecule has 0 aliphatic rings. The molecule has 2 aromatic rings. The van der Waals surface area contributed by atoms with Crippen molar-refractivity contribution < 1.29 is 19.4 Å². The normalized spacial score (nSPS) is 10.0. The molecule has 0 atom stereocenters. The fourth-order valence-corrected chi connectivity index (χ4v) is 1.85. The highest BCUT2D eigenvalue weighted by Gasteiger charge is 2.21. The summed E-state index contributed by atoms with van der Waals surface area (Å²) >= 11 is 5.74. The lowest BCUT2D eigenvalue weighted by Crippen LogP contribution is -1.97. The SMILES string of the molecule is O=Cc1cc(Cl)ccc1Oc1ccc([N+](=O)[O-])cc1[N+](=O)[O-]. The van der Waals surface area contributed by atoms with E-state index in [0.717, 1.165) is 18.2 Å². The van der Waals surface area contributed by atoms with Crippen LogP contribution in [0.3, 0.4) is 0 Å². The average molecular weight is 323 g/mol. The van der Waals surface area contributed by atoms with Crippen LogP contribution in [0.1, 0.15) is 10.4 Å². The molecule has 0 radical (unpaired) electrons. The number of hydrogen-bond donors (Lipinski definition) is 0. The lowest BCUT2D eigenvalue weighted by Gasteiger charge is -2.08. The fraction of sp³-hybridized carbons (Fsp3) is 0. The van der Waals surface area contributed by atoms with Crippen LogP contribution in [0.2, 0.25) is 5.02 Å². The molecule has 112 valence electrons. The van der Waals surface area contributed by atoms with Gasteiger partial charge in [0.15, 0.2) is 6.29 Å². The van der Waals surface area contributed by atoms with Crippen LogP contribution in [0.15, 0.2) is 36.4 Å². The van der Waals surface area contributed by atoms with Gasteiger partial charge < -0.3 is 4.74 Å². The first-order valence-electron chi connectivity index (χ1n) is 5.78. The summed E-state index contributed by atoms with van der Waals surface area (Å²) in [5.41, 5.74) is -0.924. The van der Waals surface area contributed by atoms with E-state index in [9.17, 15) is 25.0 Å². The van der Waals surface area contributed by atoms with Crippen molar-refractivity contribution in [2.24, 2.45) is 0 Å². The van der Waals surface area contributed by atoms with Crippen molar-refractivity contribution in [2.75, 3.05) is 0 Å². The predicted molar refractivity (Wildman–Crippen MR) is 76.7 cm³/mol. The zero-order valence-corrected chi connectivity index (χ0v) is 11.5. The molecule has 0 aliphatic carbocycles. The van der Waals surface area contributed by atoms with Gasteiger partial charge in [-0.05, 0) is 24.3 Å². The van der Waals surface area contributed by atoms with E-state index >= 15 is 0 Å². The van der Waals surface area contributed by atoms with Crippen LogP contribution in [0.5, 0.6) is 11.5 Å². The third-order valence-corrected chi connectivity index (χ3v) is 2.90. The molecule has 0 amide bonds. The van der Waals surface area contributed by atoms with Gasteiger partial charge >= 0.3 is 5.69 Å². The number of halogens is 1. The largest absolute Gasteiger partial charge is 0.449 e. The van der Waals surface area contributed by atoms with Crippen LogP contribution in [0, 0.1) is 20.2 Å². The van der Waals surface area contributed by atoms with E-state index in [-0.39, 0.29) is 17.1 Å². The molecule has 2 aromatic carbocycles. The number of hydrogen-bond acceptors (Lipinski definition) is 6. The van der Waals surface area contributed by atoms with E-state index in [1.807, 2.05) is 0 Å². The predicted octanol–water partition coefficient (Wildman–Crippen LogP) is 3.76. The molecule has 9 heteroatoms. The highest BCUT2D eigenvalue weighted by molar-refractivity contribution is 6.30. The van der Waals surface area contributed by atoms with Gasteiger partial charge in [0.1, 0.15) is 5.75 Å². The Labute approximate surface area is 128 Å². The number of carbonyl (C=O) groups is 1. The van der Waals surface area contributed by atoms with E-state index in [0.29, 0.717) is 11.3 Å². The van der Waals surface area contributed by atoms with E-state index in [1.54, 1.807) is 0 Å². The lowest BCUT2D eigenvalue weighted by molar-refractivity contribution is -0.394. The van der Waals surface area contributed by atoms with Crippen LogP contribution in [-0.4, -0.2) is 16.1 Å². The van der Waals surface area contributed by atoms with Crippen LogP contribution < -0.4 is 4.74 Å². The van der Waals surface area contributed by atoms with Gasteiger partial charge in [-0.15, -0.1) is 0 Å². The Morgan fingerprint density at radius 2 is 1.68 bits per heavy atom. The van der Waals surface area contributed by atoms with Gasteiger partial charge in [0.05, 0.1) is 21.5 Å². The van der Waals surface area contributed by atoms with E-state index in [4.69, 9.17) is 16.3 Å². The molecule has 22 heavy (non-hydrogen) atoms. The maximum absolute atomic E-state index is 11.0. The maximum Gasteiger partial charge on any atom is 0.318 e. The first-order chi connectivity index (χ1) is 10.4. The topological polar surface area (TPSA) is 113 Å². The third kappa shape index (κ3) is 3.18. The number of non-ortho nitro benzene ring substituents is 1. The van der Waals surface area contributed by atoms with Gasteiger partial charge in [-0.2, -0.15) is 0 Å². The second-order valence-electron chi connectivity index (χ2n) is 4.07. The van der Waals surface area contributed by atoms with Crippen LogP contribution >= 0.6 is 11.6 Å². The van der Waals surface area contributed by atoms with Gasteiger partial charge in [-0.25, -0.2) is 0 Å². The molecule has 2 rings (SSSR count). The fourth-order valence-electron chi connectivity index (χ4n) is 1.67. The number of nitrogens with zero attached hydrogens (tertiary/aromatic N) is 2. The molecular weight excluding hydrogens is 316 g/mol. The van der Waals surface area contributed by atoms with Gasteiger partial charge in [0, 0.05) is 11.1 Å². The van der Waals surface area contributed by atoms with Crippen molar-refractivity contribution in [3.63, 3.8) is 0 Å². The third-order valence-electron chi connectivity index (χ3n) is 2.67. The molecule has 0 saturated heterocycles. The van der Waals surface area contributed by atoms with Crippen LogP contribution in [0.25, 0.3) is 0 Å². The number of aldehydes is 1. The zero-order valence-electron chi connectivity index (χ0n) is 10.8. The van der Waals surface area contributed by atoms with E-state index in [1.165, 1.54) is 18.2 Å². The lowest BCUT2D eigenvalue weighted by atomic mass is 10.2. The molecule has 0 spiro atoms. The van der Waals surface area contributed by atoms with Crippen molar-refractivity contribution >= 4 is 29.3 Å². The summed E-state index contributed by atoms with van der Waals surface area (Å²) in [6.45, 7) is 0. The Morgan fingerprint density at radius 3 is 2.27 bits per heavy atom. The molecule has 0 fully saturated rings. The average Bonchev–Trinajstić information content (AvgIpc) is 2.48. The number of nitro groups is 2. The van der Waals surface area contributed by atoms with Gasteiger partial charge in [0.2, 0.25) is 5.75 Å². The summed E-state index contributed by atoms with van der Waals surface area (Å²) in [5, 5.41) is 22.0. The molecular formula is C13H7ClN2O6. The molecule has 0 N–H and O–H groups in total. The van der Waals surface area contributed by atoms with Gasteiger partial charge in [0.25, 0.3) is 5.69 Å². The molecule has 0 heterocycles. The molecule has 8 nitrogen and oxygen atoms in total. The smallest absolute Gasteiger partial charge is 0.318 e. The Morgan fingerprint density at radius 1 is 1.00 bits per heavy atom. The standard InChI is InChI=1S/C13H7ClN2O6/c14-9-1-3-12(8(5-9)7-17)22-13-4-2-10(15(18)19)6-11(13)16(20)21/h1-7H. The monoisotopic (exact) mass is 322 g/mol. The quantitative estimate of drug-likeness (QED) is 0.470. The Kier molecular flexibility index (Phi) is 4.33. The summed E-state index contributed by atoms with van der Waals surface area (Å²) in [5.74, 6) is -0.169. The van der Waals surface area contributed by atoms with Crippen LogP contribution in [-0.2, 0) is 0 Å². The minimum atomic E-state index is -0.807. The minimum absolute atomic E-state index is 0.0522. The van der Waals surface area contributed by atoms with Crippen molar-refractivity contribution in [1.29, 1.82) is 0 Å². The minimum Gasteiger partial charge on any atom is -0.449 e. The molecule has 0 unspecified atom stereocenters. The Balaban J connectivity index is 2.47.